The number of ketones is 1. The Bertz CT molecular complexity index is 836. The number of carbonyl (C=O) groups excluding carboxylic acids is 1. The summed E-state index contributed by atoms with van der Waals surface area (Å²) in [6.45, 7) is 16.9. The lowest BCUT2D eigenvalue weighted by atomic mass is 9.42. The monoisotopic (exact) mass is 440 g/mol. The first-order valence-corrected chi connectivity index (χ1v) is 13.7. The zero-order valence-corrected chi connectivity index (χ0v) is 21.9. The van der Waals surface area contributed by atoms with Gasteiger partial charge in [0.1, 0.15) is 5.78 Å². The molecular weight excluding hydrogens is 392 g/mol. The van der Waals surface area contributed by atoms with Crippen LogP contribution in [0.25, 0.3) is 0 Å². The Balaban J connectivity index is 1.52. The fraction of sp³-hybridized carbons (Fsp3) is 0.900. The zero-order valence-electron chi connectivity index (χ0n) is 21.9. The predicted octanol–water partition coefficient (Wildman–Crippen LogP) is 7.35. The van der Waals surface area contributed by atoms with Gasteiger partial charge in [-0.1, -0.05) is 60.1 Å². The molecule has 0 saturated heterocycles. The van der Waals surface area contributed by atoms with Crippen LogP contribution in [-0.2, 0) is 4.79 Å². The Labute approximate surface area is 197 Å². The minimum Gasteiger partial charge on any atom is -0.393 e. The van der Waals surface area contributed by atoms with E-state index in [4.69, 9.17) is 0 Å². The van der Waals surface area contributed by atoms with Crippen molar-refractivity contribution in [2.75, 3.05) is 0 Å². The van der Waals surface area contributed by atoms with Gasteiger partial charge in [0.25, 0.3) is 0 Å². The number of aliphatic hydroxyl groups excluding tert-OH is 1. The number of allylic oxidation sites excluding steroid dienone is 2. The quantitative estimate of drug-likeness (QED) is 0.400. The van der Waals surface area contributed by atoms with E-state index in [2.05, 4.69) is 54.5 Å². The highest BCUT2D eigenvalue weighted by molar-refractivity contribution is 5.85. The molecule has 32 heavy (non-hydrogen) atoms. The number of fused-ring (bicyclic) bond motifs is 6. The maximum atomic E-state index is 12.9. The molecule has 0 aliphatic heterocycles. The molecule has 4 saturated carbocycles. The molecule has 0 bridgehead atoms. The molecule has 0 aromatic carbocycles. The Morgan fingerprint density at radius 1 is 0.750 bits per heavy atom. The first-order chi connectivity index (χ1) is 14.8. The number of rotatable bonds is 0. The van der Waals surface area contributed by atoms with Gasteiger partial charge in [0.15, 0.2) is 0 Å². The van der Waals surface area contributed by atoms with Gasteiger partial charge >= 0.3 is 0 Å². The van der Waals surface area contributed by atoms with Gasteiger partial charge in [0.05, 0.1) is 6.10 Å². The van der Waals surface area contributed by atoms with Crippen LogP contribution in [0.5, 0.6) is 0 Å². The molecular formula is C30H48O2. The van der Waals surface area contributed by atoms with E-state index in [0.29, 0.717) is 34.9 Å². The lowest BCUT2D eigenvalue weighted by Crippen LogP contribution is -2.57. The van der Waals surface area contributed by atoms with Gasteiger partial charge in [-0.15, -0.1) is 0 Å². The number of aliphatic hydroxyl groups is 1. The van der Waals surface area contributed by atoms with Crippen molar-refractivity contribution >= 4 is 5.78 Å². The predicted molar refractivity (Wildman–Crippen MR) is 131 cm³/mol. The van der Waals surface area contributed by atoms with E-state index in [9.17, 15) is 9.90 Å². The maximum Gasteiger partial charge on any atom is 0.138 e. The Morgan fingerprint density at radius 3 is 2.19 bits per heavy atom. The topological polar surface area (TPSA) is 37.3 Å². The highest BCUT2D eigenvalue weighted by Gasteiger charge is 2.62. The van der Waals surface area contributed by atoms with Gasteiger partial charge in [0, 0.05) is 11.8 Å². The van der Waals surface area contributed by atoms with E-state index >= 15 is 0 Å². The average molecular weight is 441 g/mol. The molecule has 4 fully saturated rings. The second-order valence-electron chi connectivity index (χ2n) is 14.6. The molecule has 0 amide bonds. The molecule has 0 aromatic heterocycles. The van der Waals surface area contributed by atoms with Gasteiger partial charge in [0.2, 0.25) is 0 Å². The molecule has 0 heterocycles. The third-order valence-electron chi connectivity index (χ3n) is 12.6. The molecule has 1 N–H and O–H groups in total. The fourth-order valence-electron chi connectivity index (χ4n) is 10.8. The van der Waals surface area contributed by atoms with Gasteiger partial charge in [-0.3, -0.25) is 4.79 Å². The molecule has 2 heteroatoms. The van der Waals surface area contributed by atoms with Gasteiger partial charge in [-0.2, -0.15) is 0 Å². The molecule has 5 rings (SSSR count). The van der Waals surface area contributed by atoms with Crippen molar-refractivity contribution in [3.8, 4) is 0 Å². The molecule has 5 aliphatic carbocycles. The summed E-state index contributed by atoms with van der Waals surface area (Å²) in [6, 6.07) is 0. The molecule has 0 unspecified atom stereocenters. The molecule has 5 aliphatic rings. The van der Waals surface area contributed by atoms with E-state index in [1.54, 1.807) is 5.57 Å². The van der Waals surface area contributed by atoms with Crippen LogP contribution in [0.1, 0.15) is 113 Å². The number of hydrogen-bond donors (Lipinski definition) is 1. The van der Waals surface area contributed by atoms with E-state index in [1.165, 1.54) is 44.9 Å². The van der Waals surface area contributed by atoms with E-state index < -0.39 is 0 Å². The van der Waals surface area contributed by atoms with E-state index in [1.807, 2.05) is 0 Å². The van der Waals surface area contributed by atoms with Crippen molar-refractivity contribution in [2.24, 2.45) is 50.7 Å². The maximum absolute atomic E-state index is 12.9. The van der Waals surface area contributed by atoms with Gasteiger partial charge in [-0.05, 0) is 103 Å². The van der Waals surface area contributed by atoms with Crippen LogP contribution in [0.4, 0.5) is 0 Å². The summed E-state index contributed by atoms with van der Waals surface area (Å²) in [5, 5.41) is 10.8. The largest absolute Gasteiger partial charge is 0.393 e. The number of carbonyl (C=O) groups is 1. The summed E-state index contributed by atoms with van der Waals surface area (Å²) in [4.78, 5) is 12.9. The summed E-state index contributed by atoms with van der Waals surface area (Å²) >= 11 is 0. The second kappa shape index (κ2) is 6.96. The van der Waals surface area contributed by atoms with E-state index in [-0.39, 0.29) is 27.8 Å². The summed E-state index contributed by atoms with van der Waals surface area (Å²) in [5.74, 6) is 3.00. The van der Waals surface area contributed by atoms with Crippen molar-refractivity contribution in [3.63, 3.8) is 0 Å². The summed E-state index contributed by atoms with van der Waals surface area (Å²) in [5.41, 5.74) is 2.48. The molecule has 0 aromatic rings. The van der Waals surface area contributed by atoms with Crippen LogP contribution >= 0.6 is 0 Å². The first kappa shape index (κ1) is 23.1. The van der Waals surface area contributed by atoms with Gasteiger partial charge in [-0.25, -0.2) is 0 Å². The molecule has 0 spiro atoms. The third kappa shape index (κ3) is 2.89. The lowest BCUT2D eigenvalue weighted by molar-refractivity contribution is -0.156. The van der Waals surface area contributed by atoms with E-state index in [0.717, 1.165) is 19.3 Å². The van der Waals surface area contributed by atoms with Crippen LogP contribution in [-0.4, -0.2) is 17.0 Å². The highest BCUT2D eigenvalue weighted by Crippen LogP contribution is 2.69. The first-order valence-electron chi connectivity index (χ1n) is 13.7. The second-order valence-corrected chi connectivity index (χ2v) is 14.6. The lowest BCUT2D eigenvalue weighted by Gasteiger charge is -2.61. The minimum absolute atomic E-state index is 0.0202. The SMILES string of the molecule is CC1(C)C(=O)CC[C@]2(C)[C@H]3CC[C@H]4C(=C[C@]3(C)CC[C@@H]12)CC[C@H]1C(C)(C)[C@H](O)CC[C@]41C. The minimum atomic E-state index is -0.166. The Hall–Kier alpha value is -0.630. The molecule has 180 valence electrons. The van der Waals surface area contributed by atoms with Crippen molar-refractivity contribution in [1.29, 1.82) is 0 Å². The smallest absolute Gasteiger partial charge is 0.138 e. The molecule has 0 radical (unpaired) electrons. The number of Topliss-reactive ketones (excluding diaryl/α,β-unsaturated/α-hetero) is 1. The zero-order chi connectivity index (χ0) is 23.3. The van der Waals surface area contributed by atoms with Crippen LogP contribution in [0.3, 0.4) is 0 Å². The summed E-state index contributed by atoms with van der Waals surface area (Å²) < 4.78 is 0. The Kier molecular flexibility index (Phi) is 5.03. The number of hydrogen-bond acceptors (Lipinski definition) is 2. The standard InChI is InChI=1S/C30H48O2/c1-26(2)21-10-8-19-18-28(5)15-12-22-27(3,4)25(32)14-17-30(22,7)23(28)11-9-20(19)29(21,6)16-13-24(26)31/h18,20-24,31H,8-17H2,1-7H3/t20-,21-,22-,23-,24+,28-,29+,30-/m0/s1. The molecule has 8 atom stereocenters. The van der Waals surface area contributed by atoms with Crippen LogP contribution in [0.15, 0.2) is 11.6 Å². The van der Waals surface area contributed by atoms with Crippen LogP contribution in [0, 0.1) is 50.7 Å². The van der Waals surface area contributed by atoms with Crippen molar-refractivity contribution in [3.05, 3.63) is 11.6 Å². The van der Waals surface area contributed by atoms with Crippen molar-refractivity contribution in [1.82, 2.24) is 0 Å². The summed E-state index contributed by atoms with van der Waals surface area (Å²) in [6.07, 6.45) is 14.2. The normalized spacial score (nSPS) is 51.9. The highest BCUT2D eigenvalue weighted by atomic mass is 16.3. The average Bonchev–Trinajstić information content (AvgIpc) is 2.86. The van der Waals surface area contributed by atoms with Crippen molar-refractivity contribution < 1.29 is 9.90 Å². The molecule has 2 nitrogen and oxygen atoms in total. The third-order valence-corrected chi connectivity index (χ3v) is 12.6. The van der Waals surface area contributed by atoms with Crippen LogP contribution < -0.4 is 0 Å². The fourth-order valence-corrected chi connectivity index (χ4v) is 10.8. The summed E-state index contributed by atoms with van der Waals surface area (Å²) in [7, 11) is 0. The Morgan fingerprint density at radius 2 is 1.47 bits per heavy atom. The van der Waals surface area contributed by atoms with Gasteiger partial charge < -0.3 is 5.11 Å². The van der Waals surface area contributed by atoms with Crippen molar-refractivity contribution in [2.45, 2.75) is 119 Å². The van der Waals surface area contributed by atoms with Crippen LogP contribution in [0.2, 0.25) is 0 Å².